The van der Waals surface area contributed by atoms with Crippen molar-refractivity contribution in [2.45, 2.75) is 25.6 Å². The van der Waals surface area contributed by atoms with Crippen LogP contribution in [-0.2, 0) is 16.1 Å². The first-order chi connectivity index (χ1) is 15.4. The third-order valence-electron chi connectivity index (χ3n) is 5.11. The van der Waals surface area contributed by atoms with Crippen molar-refractivity contribution in [3.05, 3.63) is 62.7 Å². The molecule has 1 amide bonds. The van der Waals surface area contributed by atoms with Crippen molar-refractivity contribution in [1.29, 1.82) is 0 Å². The minimum absolute atomic E-state index is 0.0422. The van der Waals surface area contributed by atoms with Gasteiger partial charge in [-0.2, -0.15) is 0 Å². The van der Waals surface area contributed by atoms with Crippen LogP contribution >= 0.6 is 39.9 Å². The van der Waals surface area contributed by atoms with Crippen LogP contribution in [-0.4, -0.2) is 41.5 Å². The SMILES string of the molecule is COc1cc(/C=C2\SC(=S)N(C[C@H]3CCCO3)C2=O)cc(Br)c1OCc1cccc(F)c1. The van der Waals surface area contributed by atoms with E-state index in [4.69, 9.17) is 26.4 Å². The Morgan fingerprint density at radius 3 is 2.94 bits per heavy atom. The van der Waals surface area contributed by atoms with Gasteiger partial charge in [0.25, 0.3) is 5.91 Å². The average Bonchev–Trinajstić information content (AvgIpc) is 3.37. The number of hydrogen-bond acceptors (Lipinski definition) is 6. The van der Waals surface area contributed by atoms with Crippen molar-refractivity contribution in [1.82, 2.24) is 4.90 Å². The van der Waals surface area contributed by atoms with Crippen LogP contribution < -0.4 is 9.47 Å². The molecule has 2 heterocycles. The molecule has 2 aliphatic rings. The number of nitrogens with zero attached hydrogens (tertiary/aromatic N) is 1. The largest absolute Gasteiger partial charge is 0.493 e. The van der Waals surface area contributed by atoms with Crippen LogP contribution in [0.2, 0.25) is 0 Å². The Morgan fingerprint density at radius 1 is 1.38 bits per heavy atom. The topological polar surface area (TPSA) is 48.0 Å². The van der Waals surface area contributed by atoms with Crippen LogP contribution in [0.15, 0.2) is 45.8 Å². The van der Waals surface area contributed by atoms with E-state index in [1.807, 2.05) is 6.07 Å². The molecule has 1 atom stereocenters. The van der Waals surface area contributed by atoms with Crippen molar-refractivity contribution in [3.8, 4) is 11.5 Å². The Hall–Kier alpha value is -1.94. The van der Waals surface area contributed by atoms with Gasteiger partial charge in [0.15, 0.2) is 11.5 Å². The fourth-order valence-electron chi connectivity index (χ4n) is 3.55. The quantitative estimate of drug-likeness (QED) is 0.340. The Labute approximate surface area is 204 Å². The number of amides is 1. The summed E-state index contributed by atoms with van der Waals surface area (Å²) in [7, 11) is 1.54. The van der Waals surface area contributed by atoms with Crippen LogP contribution in [0, 0.1) is 5.82 Å². The smallest absolute Gasteiger partial charge is 0.266 e. The van der Waals surface area contributed by atoms with Crippen LogP contribution in [0.25, 0.3) is 6.08 Å². The second-order valence-electron chi connectivity index (χ2n) is 7.38. The maximum atomic E-state index is 13.4. The summed E-state index contributed by atoms with van der Waals surface area (Å²) in [5.74, 6) is 0.568. The predicted molar refractivity (Wildman–Crippen MR) is 130 cm³/mol. The lowest BCUT2D eigenvalue weighted by Crippen LogP contribution is -2.35. The molecule has 0 aromatic heterocycles. The summed E-state index contributed by atoms with van der Waals surface area (Å²) in [4.78, 5) is 15.1. The highest BCUT2D eigenvalue weighted by Crippen LogP contribution is 2.39. The number of benzene rings is 2. The molecule has 0 saturated carbocycles. The van der Waals surface area contributed by atoms with E-state index in [2.05, 4.69) is 15.9 Å². The summed E-state index contributed by atoms with van der Waals surface area (Å²) < 4.78 is 31.6. The highest BCUT2D eigenvalue weighted by molar-refractivity contribution is 9.10. The summed E-state index contributed by atoms with van der Waals surface area (Å²) in [6.45, 7) is 1.41. The maximum absolute atomic E-state index is 13.4. The highest BCUT2D eigenvalue weighted by Gasteiger charge is 2.34. The Morgan fingerprint density at radius 2 is 2.22 bits per heavy atom. The van der Waals surface area contributed by atoms with Crippen LogP contribution in [0.3, 0.4) is 0 Å². The molecule has 2 aliphatic heterocycles. The van der Waals surface area contributed by atoms with Gasteiger partial charge in [-0.1, -0.05) is 36.1 Å². The van der Waals surface area contributed by atoms with Gasteiger partial charge in [-0.15, -0.1) is 0 Å². The molecule has 0 aliphatic carbocycles. The van der Waals surface area contributed by atoms with Crippen LogP contribution in [0.5, 0.6) is 11.5 Å². The normalized spacial score (nSPS) is 19.8. The van der Waals surface area contributed by atoms with E-state index in [0.29, 0.717) is 37.3 Å². The molecule has 0 radical (unpaired) electrons. The molecular weight excluding hydrogens is 517 g/mol. The molecule has 0 N–H and O–H groups in total. The zero-order chi connectivity index (χ0) is 22.7. The van der Waals surface area contributed by atoms with Gasteiger partial charge >= 0.3 is 0 Å². The number of thiocarbonyl (C=S) groups is 1. The second kappa shape index (κ2) is 10.3. The molecule has 2 saturated heterocycles. The Balaban J connectivity index is 1.51. The number of methoxy groups -OCH3 is 1. The first kappa shape index (κ1) is 23.2. The van der Waals surface area contributed by atoms with Crippen molar-refractivity contribution in [2.75, 3.05) is 20.3 Å². The minimum Gasteiger partial charge on any atom is -0.493 e. The number of carbonyl (C=O) groups is 1. The lowest BCUT2D eigenvalue weighted by molar-refractivity contribution is -0.123. The van der Waals surface area contributed by atoms with Gasteiger partial charge in [-0.05, 0) is 70.2 Å². The molecule has 2 fully saturated rings. The van der Waals surface area contributed by atoms with Crippen molar-refractivity contribution in [2.24, 2.45) is 0 Å². The van der Waals surface area contributed by atoms with E-state index in [-0.39, 0.29) is 24.4 Å². The number of hydrogen-bond donors (Lipinski definition) is 0. The number of ether oxygens (including phenoxy) is 3. The predicted octanol–water partition coefficient (Wildman–Crippen LogP) is 5.56. The minimum atomic E-state index is -0.315. The number of rotatable bonds is 7. The highest BCUT2D eigenvalue weighted by atomic mass is 79.9. The fraction of sp³-hybridized carbons (Fsp3) is 0.304. The molecule has 2 aromatic carbocycles. The zero-order valence-electron chi connectivity index (χ0n) is 17.3. The Kier molecular flexibility index (Phi) is 7.50. The van der Waals surface area contributed by atoms with Crippen LogP contribution in [0.1, 0.15) is 24.0 Å². The molecular formula is C23H21BrFNO4S2. The molecule has 0 spiro atoms. The van der Waals surface area contributed by atoms with Gasteiger partial charge in [-0.3, -0.25) is 9.69 Å². The molecule has 2 aromatic rings. The van der Waals surface area contributed by atoms with E-state index < -0.39 is 0 Å². The molecule has 0 bridgehead atoms. The molecule has 0 unspecified atom stereocenters. The fourth-order valence-corrected chi connectivity index (χ4v) is 5.40. The third kappa shape index (κ3) is 5.33. The van der Waals surface area contributed by atoms with Crippen molar-refractivity contribution in [3.63, 3.8) is 0 Å². The first-order valence-electron chi connectivity index (χ1n) is 10.1. The van der Waals surface area contributed by atoms with Gasteiger partial charge in [0.2, 0.25) is 0 Å². The monoisotopic (exact) mass is 537 g/mol. The van der Waals surface area contributed by atoms with Gasteiger partial charge in [0, 0.05) is 6.61 Å². The summed E-state index contributed by atoms with van der Waals surface area (Å²) >= 11 is 10.2. The maximum Gasteiger partial charge on any atom is 0.266 e. The molecule has 9 heteroatoms. The van der Waals surface area contributed by atoms with Gasteiger partial charge in [0.1, 0.15) is 16.7 Å². The van der Waals surface area contributed by atoms with E-state index in [1.165, 1.54) is 23.9 Å². The summed E-state index contributed by atoms with van der Waals surface area (Å²) in [6.07, 6.45) is 3.78. The summed E-state index contributed by atoms with van der Waals surface area (Å²) in [5, 5.41) is 0. The van der Waals surface area contributed by atoms with Gasteiger partial charge in [-0.25, -0.2) is 4.39 Å². The molecule has 32 heavy (non-hydrogen) atoms. The molecule has 5 nitrogen and oxygen atoms in total. The van der Waals surface area contributed by atoms with E-state index in [9.17, 15) is 9.18 Å². The Bertz CT molecular complexity index is 1070. The number of halogens is 2. The molecule has 4 rings (SSSR count). The zero-order valence-corrected chi connectivity index (χ0v) is 20.5. The number of carbonyl (C=O) groups excluding carboxylic acids is 1. The standard InChI is InChI=1S/C23H21BrFNO4S2/c1-28-19-10-15(9-18(24)21(19)30-13-14-4-2-5-16(25)8-14)11-20-22(27)26(23(31)32-20)12-17-6-3-7-29-17/h2,4-5,8-11,17H,3,6-7,12-13H2,1H3/b20-11-/t17-/m1/s1. The van der Waals surface area contributed by atoms with Gasteiger partial charge in [0.05, 0.1) is 29.1 Å². The lowest BCUT2D eigenvalue weighted by Gasteiger charge is -2.18. The van der Waals surface area contributed by atoms with E-state index in [0.717, 1.165) is 25.0 Å². The summed E-state index contributed by atoms with van der Waals surface area (Å²) in [5.41, 5.74) is 1.47. The third-order valence-corrected chi connectivity index (χ3v) is 7.07. The van der Waals surface area contributed by atoms with Crippen molar-refractivity contribution >= 4 is 56.2 Å². The lowest BCUT2D eigenvalue weighted by atomic mass is 10.1. The average molecular weight is 538 g/mol. The number of thioether (sulfide) groups is 1. The van der Waals surface area contributed by atoms with E-state index in [1.54, 1.807) is 36.3 Å². The first-order valence-corrected chi connectivity index (χ1v) is 12.1. The van der Waals surface area contributed by atoms with E-state index >= 15 is 0 Å². The van der Waals surface area contributed by atoms with Crippen LogP contribution in [0.4, 0.5) is 4.39 Å². The van der Waals surface area contributed by atoms with Gasteiger partial charge < -0.3 is 14.2 Å². The summed E-state index contributed by atoms with van der Waals surface area (Å²) in [6, 6.07) is 9.87. The molecule has 168 valence electrons. The second-order valence-corrected chi connectivity index (χ2v) is 9.91. The van der Waals surface area contributed by atoms with Crippen molar-refractivity contribution < 1.29 is 23.4 Å².